The van der Waals surface area contributed by atoms with Gasteiger partial charge in [-0.05, 0) is 0 Å². The molecule has 0 unspecified atom stereocenters. The average Bonchev–Trinajstić information content (AvgIpc) is 1.80. The summed E-state index contributed by atoms with van der Waals surface area (Å²) in [5.74, 6) is 0. The van der Waals surface area contributed by atoms with Crippen molar-refractivity contribution in [2.45, 2.75) is 19.6 Å². The van der Waals surface area contributed by atoms with E-state index < -0.39 is 8.07 Å². The summed E-state index contributed by atoms with van der Waals surface area (Å²) < 4.78 is 0. The van der Waals surface area contributed by atoms with Crippen LogP contribution in [0.3, 0.4) is 0 Å². The molecule has 0 N–H and O–H groups in total. The molecule has 0 bridgehead atoms. The van der Waals surface area contributed by atoms with Crippen molar-refractivity contribution in [1.82, 2.24) is 0 Å². The summed E-state index contributed by atoms with van der Waals surface area (Å²) in [5.41, 5.74) is 0. The van der Waals surface area contributed by atoms with Crippen LogP contribution in [0.2, 0.25) is 19.6 Å². The minimum atomic E-state index is -1.53. The van der Waals surface area contributed by atoms with Gasteiger partial charge >= 0.3 is 0 Å². The highest BCUT2D eigenvalue weighted by Crippen LogP contribution is 2.12. The van der Waals surface area contributed by atoms with Gasteiger partial charge in [0.1, 0.15) is 0 Å². The van der Waals surface area contributed by atoms with Gasteiger partial charge in [0.05, 0.1) is 20.2 Å². The summed E-state index contributed by atoms with van der Waals surface area (Å²) in [6, 6.07) is 3.92. The van der Waals surface area contributed by atoms with E-state index in [1.54, 1.807) is 0 Å². The quantitative estimate of drug-likeness (QED) is 0.423. The molecule has 0 rings (SSSR count). The maximum absolute atomic E-state index is 8.56. The molecule has 0 aromatic carbocycles. The van der Waals surface area contributed by atoms with E-state index in [1.165, 1.54) is 6.08 Å². The van der Waals surface area contributed by atoms with Crippen molar-refractivity contribution in [2.24, 2.45) is 0 Å². The van der Waals surface area contributed by atoms with Crippen molar-refractivity contribution in [3.05, 3.63) is 11.3 Å². The van der Waals surface area contributed by atoms with Gasteiger partial charge in [-0.3, -0.25) is 0 Å². The maximum atomic E-state index is 8.56. The van der Waals surface area contributed by atoms with Crippen molar-refractivity contribution >= 4 is 8.07 Å². The SMILES string of the molecule is C[Si](C)(C)C(C#N)=CC#N. The monoisotopic (exact) mass is 150 g/mol. The number of allylic oxidation sites excluding steroid dienone is 2. The van der Waals surface area contributed by atoms with Crippen LogP contribution in [-0.4, -0.2) is 8.07 Å². The molecule has 0 aliphatic rings. The van der Waals surface area contributed by atoms with E-state index in [0.29, 0.717) is 5.20 Å². The summed E-state index contributed by atoms with van der Waals surface area (Å²) in [6.45, 7) is 6.12. The summed E-state index contributed by atoms with van der Waals surface area (Å²) in [6.07, 6.45) is 1.35. The Kier molecular flexibility index (Phi) is 2.85. The predicted molar refractivity (Wildman–Crippen MR) is 42.7 cm³/mol. The lowest BCUT2D eigenvalue weighted by atomic mass is 10.5. The normalized spacial score (nSPS) is 11.9. The minimum Gasteiger partial charge on any atom is -0.193 e. The van der Waals surface area contributed by atoms with Crippen molar-refractivity contribution in [1.29, 1.82) is 10.5 Å². The number of hydrogen-bond donors (Lipinski definition) is 0. The maximum Gasteiger partial charge on any atom is 0.0921 e. The fourth-order valence-corrected chi connectivity index (χ4v) is 1.31. The highest BCUT2D eigenvalue weighted by molar-refractivity contribution is 6.84. The zero-order valence-corrected chi connectivity index (χ0v) is 7.47. The van der Waals surface area contributed by atoms with Gasteiger partial charge in [0.2, 0.25) is 0 Å². The van der Waals surface area contributed by atoms with Crippen LogP contribution < -0.4 is 0 Å². The Morgan fingerprint density at radius 2 is 1.80 bits per heavy atom. The van der Waals surface area contributed by atoms with Crippen molar-refractivity contribution in [3.8, 4) is 12.1 Å². The van der Waals surface area contributed by atoms with Gasteiger partial charge in [-0.2, -0.15) is 10.5 Å². The second kappa shape index (κ2) is 3.19. The third-order valence-corrected chi connectivity index (χ3v) is 3.01. The molecule has 10 heavy (non-hydrogen) atoms. The van der Waals surface area contributed by atoms with Crippen LogP contribution in [0.5, 0.6) is 0 Å². The van der Waals surface area contributed by atoms with Crippen molar-refractivity contribution in [2.75, 3.05) is 0 Å². The van der Waals surface area contributed by atoms with Gasteiger partial charge in [0.25, 0.3) is 0 Å². The first-order valence-electron chi connectivity index (χ1n) is 3.02. The number of rotatable bonds is 1. The highest BCUT2D eigenvalue weighted by atomic mass is 28.3. The highest BCUT2D eigenvalue weighted by Gasteiger charge is 2.18. The first-order chi connectivity index (χ1) is 4.52. The zero-order chi connectivity index (χ0) is 8.20. The van der Waals surface area contributed by atoms with Crippen LogP contribution >= 0.6 is 0 Å². The Bertz CT molecular complexity index is 221. The molecule has 0 atom stereocenters. The Balaban J connectivity index is 4.62. The van der Waals surface area contributed by atoms with Crippen LogP contribution in [0, 0.1) is 22.7 Å². The van der Waals surface area contributed by atoms with E-state index in [9.17, 15) is 0 Å². The van der Waals surface area contributed by atoms with Gasteiger partial charge in [0.15, 0.2) is 0 Å². The lowest BCUT2D eigenvalue weighted by Gasteiger charge is -2.11. The Morgan fingerprint density at radius 3 is 1.90 bits per heavy atom. The zero-order valence-electron chi connectivity index (χ0n) is 6.47. The second-order valence-electron chi connectivity index (χ2n) is 3.05. The first-order valence-corrected chi connectivity index (χ1v) is 6.52. The van der Waals surface area contributed by atoms with Crippen molar-refractivity contribution in [3.63, 3.8) is 0 Å². The van der Waals surface area contributed by atoms with Gasteiger partial charge in [-0.1, -0.05) is 19.6 Å². The largest absolute Gasteiger partial charge is 0.193 e. The molecule has 0 fully saturated rings. The standard InChI is InChI=1S/C7H10N2Si/c1-10(2,3)7(6-9)4-5-8/h4H,1-3H3. The first kappa shape index (κ1) is 8.94. The molecule has 0 spiro atoms. The van der Waals surface area contributed by atoms with Crippen LogP contribution in [0.25, 0.3) is 0 Å². The summed E-state index contributed by atoms with van der Waals surface area (Å²) in [4.78, 5) is 0. The van der Waals surface area contributed by atoms with Gasteiger partial charge in [-0.25, -0.2) is 0 Å². The number of nitriles is 2. The molecule has 0 radical (unpaired) electrons. The Morgan fingerprint density at radius 1 is 1.30 bits per heavy atom. The summed E-state index contributed by atoms with van der Waals surface area (Å²) >= 11 is 0. The minimum absolute atomic E-state index is 0.662. The third kappa shape index (κ3) is 2.48. The molecule has 0 aromatic rings. The topological polar surface area (TPSA) is 47.6 Å². The summed E-state index contributed by atoms with van der Waals surface area (Å²) in [7, 11) is -1.53. The Labute approximate surface area is 62.4 Å². The van der Waals surface area contributed by atoms with E-state index >= 15 is 0 Å². The Hall–Kier alpha value is -1.06. The van der Waals surface area contributed by atoms with Gasteiger partial charge in [-0.15, -0.1) is 0 Å². The van der Waals surface area contributed by atoms with Crippen LogP contribution in [0.1, 0.15) is 0 Å². The van der Waals surface area contributed by atoms with E-state index in [0.717, 1.165) is 0 Å². The van der Waals surface area contributed by atoms with Crippen LogP contribution in [0.4, 0.5) is 0 Å². The molecule has 52 valence electrons. The van der Waals surface area contributed by atoms with Gasteiger partial charge < -0.3 is 0 Å². The third-order valence-electron chi connectivity index (χ3n) is 1.14. The molecular weight excluding hydrogens is 140 g/mol. The molecule has 0 aliphatic heterocycles. The molecule has 0 heterocycles. The fraction of sp³-hybridized carbons (Fsp3) is 0.429. The fourth-order valence-electron chi connectivity index (χ4n) is 0.481. The lowest BCUT2D eigenvalue weighted by Crippen LogP contribution is -2.22. The van der Waals surface area contributed by atoms with E-state index in [1.807, 2.05) is 31.8 Å². The molecule has 0 saturated heterocycles. The van der Waals surface area contributed by atoms with Crippen molar-refractivity contribution < 1.29 is 0 Å². The average molecular weight is 150 g/mol. The summed E-state index contributed by atoms with van der Waals surface area (Å²) in [5, 5.41) is 17.5. The molecule has 0 amide bonds. The molecule has 0 saturated carbocycles. The molecular formula is C7H10N2Si. The van der Waals surface area contributed by atoms with Crippen LogP contribution in [-0.2, 0) is 0 Å². The van der Waals surface area contributed by atoms with Crippen LogP contribution in [0.15, 0.2) is 11.3 Å². The molecule has 2 nitrogen and oxygen atoms in total. The molecule has 0 aliphatic carbocycles. The van der Waals surface area contributed by atoms with E-state index in [-0.39, 0.29) is 0 Å². The van der Waals surface area contributed by atoms with Gasteiger partial charge in [0, 0.05) is 11.3 Å². The predicted octanol–water partition coefficient (Wildman–Crippen LogP) is 1.84. The smallest absolute Gasteiger partial charge is 0.0921 e. The number of nitrogens with zero attached hydrogens (tertiary/aromatic N) is 2. The lowest BCUT2D eigenvalue weighted by molar-refractivity contribution is 1.49. The van der Waals surface area contributed by atoms with E-state index in [4.69, 9.17) is 10.5 Å². The second-order valence-corrected chi connectivity index (χ2v) is 8.09. The molecule has 0 aromatic heterocycles. The van der Waals surface area contributed by atoms with E-state index in [2.05, 4.69) is 0 Å². The number of hydrogen-bond acceptors (Lipinski definition) is 2. The molecule has 3 heteroatoms.